The third-order valence-electron chi connectivity index (χ3n) is 3.22. The maximum Gasteiger partial charge on any atom is 0.267 e. The molecule has 1 atom stereocenters. The van der Waals surface area contributed by atoms with Gasteiger partial charge in [0.25, 0.3) is 5.91 Å². The van der Waals surface area contributed by atoms with Crippen LogP contribution in [0.25, 0.3) is 0 Å². The van der Waals surface area contributed by atoms with Crippen LogP contribution in [0, 0.1) is 0 Å². The minimum atomic E-state index is -0.576. The Kier molecular flexibility index (Phi) is 4.04. The van der Waals surface area contributed by atoms with Gasteiger partial charge in [0.1, 0.15) is 5.75 Å². The summed E-state index contributed by atoms with van der Waals surface area (Å²) in [6.07, 6.45) is 0.182. The van der Waals surface area contributed by atoms with E-state index in [9.17, 15) is 9.59 Å². The lowest BCUT2D eigenvalue weighted by atomic mass is 10.1. The summed E-state index contributed by atoms with van der Waals surface area (Å²) in [6, 6.07) is 7.58. The first-order chi connectivity index (χ1) is 9.10. The van der Waals surface area contributed by atoms with Gasteiger partial charge in [0.15, 0.2) is 6.10 Å². The highest BCUT2D eigenvalue weighted by Crippen LogP contribution is 2.21. The Balaban J connectivity index is 1.99. The third kappa shape index (κ3) is 3.24. The van der Waals surface area contributed by atoms with Gasteiger partial charge in [-0.25, -0.2) is 0 Å². The summed E-state index contributed by atoms with van der Waals surface area (Å²) in [6.45, 7) is 3.00. The topological polar surface area (TPSA) is 58.6 Å². The highest BCUT2D eigenvalue weighted by atomic mass is 16.5. The van der Waals surface area contributed by atoms with E-state index in [-0.39, 0.29) is 11.8 Å². The normalized spacial score (nSPS) is 18.9. The Morgan fingerprint density at radius 1 is 1.32 bits per heavy atom. The molecule has 0 bridgehead atoms. The molecule has 1 N–H and O–H groups in total. The van der Waals surface area contributed by atoms with Gasteiger partial charge >= 0.3 is 0 Å². The standard InChI is InChI=1S/C14H18N2O3/c1-3-16(2)10-4-6-11(7-5-10)19-12-8-9-13(17)15-14(12)18/h4-7,12H,3,8-9H2,1-2H3,(H,15,17,18). The molecule has 1 unspecified atom stereocenters. The number of hydrogen-bond donors (Lipinski definition) is 1. The third-order valence-corrected chi connectivity index (χ3v) is 3.22. The fraction of sp³-hybridized carbons (Fsp3) is 0.429. The molecular weight excluding hydrogens is 244 g/mol. The number of ether oxygens (including phenoxy) is 1. The zero-order valence-corrected chi connectivity index (χ0v) is 11.2. The number of hydrogen-bond acceptors (Lipinski definition) is 4. The number of amides is 2. The van der Waals surface area contributed by atoms with Crippen molar-refractivity contribution in [3.8, 4) is 5.75 Å². The molecule has 19 heavy (non-hydrogen) atoms. The van der Waals surface area contributed by atoms with Gasteiger partial charge in [-0.1, -0.05) is 0 Å². The predicted octanol–water partition coefficient (Wildman–Crippen LogP) is 1.33. The quantitative estimate of drug-likeness (QED) is 0.832. The summed E-state index contributed by atoms with van der Waals surface area (Å²) >= 11 is 0. The average Bonchev–Trinajstić information content (AvgIpc) is 2.42. The summed E-state index contributed by atoms with van der Waals surface area (Å²) in [5.74, 6) is 0.0542. The van der Waals surface area contributed by atoms with Crippen molar-refractivity contribution in [2.24, 2.45) is 0 Å². The zero-order chi connectivity index (χ0) is 13.8. The molecule has 1 aliphatic heterocycles. The summed E-state index contributed by atoms with van der Waals surface area (Å²) in [7, 11) is 2.01. The first-order valence-electron chi connectivity index (χ1n) is 6.41. The summed E-state index contributed by atoms with van der Waals surface area (Å²) in [5, 5.41) is 2.28. The molecule has 1 heterocycles. The minimum Gasteiger partial charge on any atom is -0.481 e. The van der Waals surface area contributed by atoms with Gasteiger partial charge in [0, 0.05) is 32.1 Å². The highest BCUT2D eigenvalue weighted by Gasteiger charge is 2.28. The molecule has 2 amide bonds. The molecular formula is C14H18N2O3. The smallest absolute Gasteiger partial charge is 0.267 e. The SMILES string of the molecule is CCN(C)c1ccc(OC2CCC(=O)NC2=O)cc1. The summed E-state index contributed by atoms with van der Waals surface area (Å²) in [4.78, 5) is 24.7. The lowest BCUT2D eigenvalue weighted by Gasteiger charge is -2.22. The largest absolute Gasteiger partial charge is 0.481 e. The van der Waals surface area contributed by atoms with Crippen molar-refractivity contribution in [2.45, 2.75) is 25.9 Å². The van der Waals surface area contributed by atoms with Gasteiger partial charge in [-0.2, -0.15) is 0 Å². The molecule has 1 aromatic carbocycles. The van der Waals surface area contributed by atoms with Gasteiger partial charge in [0.2, 0.25) is 5.91 Å². The fourth-order valence-corrected chi connectivity index (χ4v) is 1.91. The van der Waals surface area contributed by atoms with Crippen LogP contribution in [0.3, 0.4) is 0 Å². The number of carbonyl (C=O) groups is 2. The van der Waals surface area contributed by atoms with Crippen LogP contribution in [0.4, 0.5) is 5.69 Å². The van der Waals surface area contributed by atoms with Crippen LogP contribution in [-0.4, -0.2) is 31.5 Å². The molecule has 1 fully saturated rings. The number of nitrogens with zero attached hydrogens (tertiary/aromatic N) is 1. The van der Waals surface area contributed by atoms with Crippen molar-refractivity contribution in [1.29, 1.82) is 0 Å². The van der Waals surface area contributed by atoms with Crippen LogP contribution in [0.5, 0.6) is 5.75 Å². The molecule has 2 rings (SSSR count). The van der Waals surface area contributed by atoms with E-state index in [0.717, 1.165) is 12.2 Å². The molecule has 5 nitrogen and oxygen atoms in total. The number of carbonyl (C=O) groups excluding carboxylic acids is 2. The molecule has 0 aromatic heterocycles. The Morgan fingerprint density at radius 3 is 2.58 bits per heavy atom. The monoisotopic (exact) mass is 262 g/mol. The first kappa shape index (κ1) is 13.4. The number of nitrogens with one attached hydrogen (secondary N) is 1. The van der Waals surface area contributed by atoms with Crippen molar-refractivity contribution >= 4 is 17.5 Å². The van der Waals surface area contributed by atoms with Crippen LogP contribution in [0.2, 0.25) is 0 Å². The van der Waals surface area contributed by atoms with E-state index in [4.69, 9.17) is 4.74 Å². The van der Waals surface area contributed by atoms with Crippen LogP contribution in [0.1, 0.15) is 19.8 Å². The van der Waals surface area contributed by atoms with E-state index in [0.29, 0.717) is 18.6 Å². The molecule has 1 saturated heterocycles. The molecule has 102 valence electrons. The maximum absolute atomic E-state index is 11.6. The van der Waals surface area contributed by atoms with Crippen molar-refractivity contribution in [2.75, 3.05) is 18.5 Å². The van der Waals surface area contributed by atoms with Gasteiger partial charge in [-0.15, -0.1) is 0 Å². The molecule has 0 spiro atoms. The van der Waals surface area contributed by atoms with E-state index in [1.54, 1.807) is 0 Å². The van der Waals surface area contributed by atoms with Crippen molar-refractivity contribution in [3.05, 3.63) is 24.3 Å². The van der Waals surface area contributed by atoms with E-state index in [2.05, 4.69) is 17.1 Å². The zero-order valence-electron chi connectivity index (χ0n) is 11.2. The lowest BCUT2D eigenvalue weighted by molar-refractivity contribution is -0.138. The Morgan fingerprint density at radius 2 is 2.00 bits per heavy atom. The number of rotatable bonds is 4. The molecule has 1 aliphatic rings. The molecule has 0 saturated carbocycles. The van der Waals surface area contributed by atoms with Gasteiger partial charge in [-0.05, 0) is 31.2 Å². The van der Waals surface area contributed by atoms with Crippen molar-refractivity contribution < 1.29 is 14.3 Å². The number of anilines is 1. The molecule has 5 heteroatoms. The fourth-order valence-electron chi connectivity index (χ4n) is 1.91. The second kappa shape index (κ2) is 5.73. The second-order valence-electron chi connectivity index (χ2n) is 4.57. The van der Waals surface area contributed by atoms with Gasteiger partial charge < -0.3 is 9.64 Å². The number of imide groups is 1. The Labute approximate surface area is 112 Å². The number of piperidine rings is 1. The van der Waals surface area contributed by atoms with Crippen LogP contribution in [-0.2, 0) is 9.59 Å². The van der Waals surface area contributed by atoms with Crippen LogP contribution in [0.15, 0.2) is 24.3 Å². The molecule has 0 radical (unpaired) electrons. The van der Waals surface area contributed by atoms with Gasteiger partial charge in [-0.3, -0.25) is 14.9 Å². The predicted molar refractivity (Wildman–Crippen MR) is 72.2 cm³/mol. The van der Waals surface area contributed by atoms with Crippen LogP contribution < -0.4 is 15.0 Å². The summed E-state index contributed by atoms with van der Waals surface area (Å²) in [5.41, 5.74) is 1.10. The first-order valence-corrected chi connectivity index (χ1v) is 6.41. The van der Waals surface area contributed by atoms with E-state index >= 15 is 0 Å². The van der Waals surface area contributed by atoms with Gasteiger partial charge in [0.05, 0.1) is 0 Å². The highest BCUT2D eigenvalue weighted by molar-refractivity contribution is 5.99. The molecule has 0 aliphatic carbocycles. The average molecular weight is 262 g/mol. The minimum absolute atomic E-state index is 0.232. The van der Waals surface area contributed by atoms with Crippen molar-refractivity contribution in [3.63, 3.8) is 0 Å². The number of benzene rings is 1. The maximum atomic E-state index is 11.6. The second-order valence-corrected chi connectivity index (χ2v) is 4.57. The van der Waals surface area contributed by atoms with Crippen LogP contribution >= 0.6 is 0 Å². The lowest BCUT2D eigenvalue weighted by Crippen LogP contribution is -2.46. The molecule has 1 aromatic rings. The Hall–Kier alpha value is -2.04. The summed E-state index contributed by atoms with van der Waals surface area (Å²) < 4.78 is 5.60. The Bertz CT molecular complexity index is 470. The van der Waals surface area contributed by atoms with Crippen molar-refractivity contribution in [1.82, 2.24) is 5.32 Å². The van der Waals surface area contributed by atoms with E-state index in [1.165, 1.54) is 0 Å². The van der Waals surface area contributed by atoms with E-state index in [1.807, 2.05) is 31.3 Å². The van der Waals surface area contributed by atoms with E-state index < -0.39 is 6.10 Å².